The Balaban J connectivity index is 1.69. The number of carbonyl (C=O) groups excluding carboxylic acids is 1. The summed E-state index contributed by atoms with van der Waals surface area (Å²) in [4.78, 5) is 14.8. The van der Waals surface area contributed by atoms with E-state index in [1.54, 1.807) is 0 Å². The molecule has 0 unspecified atom stereocenters. The summed E-state index contributed by atoms with van der Waals surface area (Å²) in [6, 6.07) is 14.8. The number of nitrogens with zero attached hydrogens (tertiary/aromatic N) is 1. The summed E-state index contributed by atoms with van der Waals surface area (Å²) >= 11 is 7.06. The van der Waals surface area contributed by atoms with Crippen molar-refractivity contribution in [3.8, 4) is 0 Å². The van der Waals surface area contributed by atoms with Gasteiger partial charge in [0.15, 0.2) is 0 Å². The van der Waals surface area contributed by atoms with Crippen molar-refractivity contribution in [2.24, 2.45) is 0 Å². The maximum absolute atomic E-state index is 12.5. The number of nitrogens with one attached hydrogen (secondary N) is 1. The minimum atomic E-state index is 0.0167. The van der Waals surface area contributed by atoms with Crippen molar-refractivity contribution < 1.29 is 4.79 Å². The molecular weight excluding hydrogens is 432 g/mol. The van der Waals surface area contributed by atoms with Crippen molar-refractivity contribution in [1.82, 2.24) is 4.90 Å². The topological polar surface area (TPSA) is 32.3 Å². The van der Waals surface area contributed by atoms with Gasteiger partial charge in [-0.15, -0.1) is 0 Å². The molecule has 0 aromatic heterocycles. The molecule has 0 aliphatic carbocycles. The number of benzene rings is 2. The molecule has 0 spiro atoms. The molecule has 1 amide bonds. The van der Waals surface area contributed by atoms with Gasteiger partial charge in [0.1, 0.15) is 0 Å². The summed E-state index contributed by atoms with van der Waals surface area (Å²) in [6.07, 6.45) is 2.24. The van der Waals surface area contributed by atoms with Crippen LogP contribution in [0.1, 0.15) is 30.0 Å². The van der Waals surface area contributed by atoms with Crippen LogP contribution >= 0.6 is 31.9 Å². The molecule has 126 valence electrons. The van der Waals surface area contributed by atoms with Crippen LogP contribution in [0, 0.1) is 6.92 Å². The van der Waals surface area contributed by atoms with Crippen LogP contribution < -0.4 is 5.32 Å². The van der Waals surface area contributed by atoms with Gasteiger partial charge in [-0.05, 0) is 81.4 Å². The van der Waals surface area contributed by atoms with Crippen molar-refractivity contribution in [3.63, 3.8) is 0 Å². The molecule has 0 saturated carbocycles. The van der Waals surface area contributed by atoms with Gasteiger partial charge in [0.25, 0.3) is 0 Å². The zero-order valence-electron chi connectivity index (χ0n) is 13.6. The first-order chi connectivity index (χ1) is 11.5. The number of halogens is 2. The van der Waals surface area contributed by atoms with E-state index in [4.69, 9.17) is 0 Å². The highest BCUT2D eigenvalue weighted by Crippen LogP contribution is 2.34. The number of anilines is 1. The summed E-state index contributed by atoms with van der Waals surface area (Å²) < 4.78 is 1.78. The van der Waals surface area contributed by atoms with Gasteiger partial charge in [-0.25, -0.2) is 0 Å². The average molecular weight is 452 g/mol. The number of hydrogen-bond acceptors (Lipinski definition) is 2. The zero-order valence-corrected chi connectivity index (χ0v) is 16.7. The fourth-order valence-electron chi connectivity index (χ4n) is 3.25. The highest BCUT2D eigenvalue weighted by molar-refractivity contribution is 9.11. The van der Waals surface area contributed by atoms with E-state index in [0.29, 0.717) is 12.6 Å². The molecule has 3 rings (SSSR count). The minimum absolute atomic E-state index is 0.0167. The Hall–Kier alpha value is -1.17. The second kappa shape index (κ2) is 7.81. The SMILES string of the molecule is Cc1cc(Br)c(NC(=O)CN2CCC[C@@H]2c2ccccc2)c(Br)c1. The van der Waals surface area contributed by atoms with Gasteiger partial charge in [-0.3, -0.25) is 9.69 Å². The summed E-state index contributed by atoms with van der Waals surface area (Å²) in [7, 11) is 0. The van der Waals surface area contributed by atoms with Crippen LogP contribution in [0.3, 0.4) is 0 Å². The van der Waals surface area contributed by atoms with Crippen molar-refractivity contribution in [2.45, 2.75) is 25.8 Å². The maximum atomic E-state index is 12.5. The molecule has 2 aromatic rings. The Bertz CT molecular complexity index is 710. The molecule has 1 aliphatic rings. The Morgan fingerprint density at radius 3 is 2.54 bits per heavy atom. The lowest BCUT2D eigenvalue weighted by atomic mass is 10.0. The van der Waals surface area contributed by atoms with E-state index in [1.807, 2.05) is 25.1 Å². The van der Waals surface area contributed by atoms with E-state index in [9.17, 15) is 4.79 Å². The molecule has 24 heavy (non-hydrogen) atoms. The van der Waals surface area contributed by atoms with E-state index in [2.05, 4.69) is 66.3 Å². The van der Waals surface area contributed by atoms with Crippen molar-refractivity contribution in [2.75, 3.05) is 18.4 Å². The predicted octanol–water partition coefficient (Wildman–Crippen LogP) is 5.30. The third-order valence-electron chi connectivity index (χ3n) is 4.35. The third-order valence-corrected chi connectivity index (χ3v) is 5.60. The largest absolute Gasteiger partial charge is 0.323 e. The Labute approximate surface area is 159 Å². The lowest BCUT2D eigenvalue weighted by Gasteiger charge is -2.24. The lowest BCUT2D eigenvalue weighted by molar-refractivity contribution is -0.117. The van der Waals surface area contributed by atoms with Gasteiger partial charge in [0, 0.05) is 15.0 Å². The van der Waals surface area contributed by atoms with Gasteiger partial charge in [0.2, 0.25) is 5.91 Å². The molecule has 5 heteroatoms. The van der Waals surface area contributed by atoms with E-state index < -0.39 is 0 Å². The molecule has 1 N–H and O–H groups in total. The van der Waals surface area contributed by atoms with Gasteiger partial charge >= 0.3 is 0 Å². The van der Waals surface area contributed by atoms with E-state index >= 15 is 0 Å². The molecule has 1 aliphatic heterocycles. The number of carbonyl (C=O) groups is 1. The highest BCUT2D eigenvalue weighted by atomic mass is 79.9. The van der Waals surface area contributed by atoms with E-state index in [-0.39, 0.29) is 5.91 Å². The van der Waals surface area contributed by atoms with Crippen LogP contribution in [-0.4, -0.2) is 23.9 Å². The van der Waals surface area contributed by atoms with Crippen molar-refractivity contribution in [3.05, 3.63) is 62.5 Å². The molecule has 2 aromatic carbocycles. The smallest absolute Gasteiger partial charge is 0.238 e. The first kappa shape index (κ1) is 17.6. The van der Waals surface area contributed by atoms with Crippen LogP contribution in [0.2, 0.25) is 0 Å². The molecule has 1 fully saturated rings. The molecule has 1 saturated heterocycles. The summed E-state index contributed by atoms with van der Waals surface area (Å²) in [5.74, 6) is 0.0167. The van der Waals surface area contributed by atoms with Crippen molar-refractivity contribution >= 4 is 43.5 Å². The van der Waals surface area contributed by atoms with Crippen LogP contribution in [-0.2, 0) is 4.79 Å². The first-order valence-electron chi connectivity index (χ1n) is 8.09. The van der Waals surface area contributed by atoms with Crippen LogP contribution in [0.15, 0.2) is 51.4 Å². The monoisotopic (exact) mass is 450 g/mol. The van der Waals surface area contributed by atoms with Gasteiger partial charge < -0.3 is 5.32 Å². The molecule has 3 nitrogen and oxygen atoms in total. The lowest BCUT2D eigenvalue weighted by Crippen LogP contribution is -2.33. The fraction of sp³-hybridized carbons (Fsp3) is 0.316. The minimum Gasteiger partial charge on any atom is -0.323 e. The second-order valence-corrected chi connectivity index (χ2v) is 7.90. The Morgan fingerprint density at radius 1 is 1.21 bits per heavy atom. The Morgan fingerprint density at radius 2 is 1.88 bits per heavy atom. The molecular formula is C19H20Br2N2O. The normalized spacial score (nSPS) is 17.9. The van der Waals surface area contributed by atoms with Crippen LogP contribution in [0.5, 0.6) is 0 Å². The fourth-order valence-corrected chi connectivity index (χ4v) is 4.86. The molecule has 1 atom stereocenters. The molecule has 0 bridgehead atoms. The average Bonchev–Trinajstić information content (AvgIpc) is 3.00. The number of rotatable bonds is 4. The number of likely N-dealkylation sites (tertiary alicyclic amines) is 1. The molecule has 1 heterocycles. The quantitative estimate of drug-likeness (QED) is 0.684. The summed E-state index contributed by atoms with van der Waals surface area (Å²) in [5.41, 5.74) is 3.22. The van der Waals surface area contributed by atoms with Crippen molar-refractivity contribution in [1.29, 1.82) is 0 Å². The Kier molecular flexibility index (Phi) is 5.74. The van der Waals surface area contributed by atoms with Crippen LogP contribution in [0.4, 0.5) is 5.69 Å². The van der Waals surface area contributed by atoms with Gasteiger partial charge in [0.05, 0.1) is 12.2 Å². The number of hydrogen-bond donors (Lipinski definition) is 1. The van der Waals surface area contributed by atoms with E-state index in [0.717, 1.165) is 39.6 Å². The number of aryl methyl sites for hydroxylation is 1. The maximum Gasteiger partial charge on any atom is 0.238 e. The van der Waals surface area contributed by atoms with E-state index in [1.165, 1.54) is 5.56 Å². The third kappa shape index (κ3) is 4.08. The molecule has 0 radical (unpaired) electrons. The van der Waals surface area contributed by atoms with Gasteiger partial charge in [-0.1, -0.05) is 30.3 Å². The standard InChI is InChI=1S/C19H20Br2N2O/c1-13-10-15(20)19(16(21)11-13)22-18(24)12-23-9-5-8-17(23)14-6-3-2-4-7-14/h2-4,6-7,10-11,17H,5,8-9,12H2,1H3,(H,22,24)/t17-/m1/s1. The first-order valence-corrected chi connectivity index (χ1v) is 9.67. The highest BCUT2D eigenvalue weighted by Gasteiger charge is 2.27. The predicted molar refractivity (Wildman–Crippen MR) is 105 cm³/mol. The zero-order chi connectivity index (χ0) is 17.1. The number of amides is 1. The van der Waals surface area contributed by atoms with Gasteiger partial charge in [-0.2, -0.15) is 0 Å². The van der Waals surface area contributed by atoms with Crippen LogP contribution in [0.25, 0.3) is 0 Å². The second-order valence-electron chi connectivity index (χ2n) is 6.19. The summed E-state index contributed by atoms with van der Waals surface area (Å²) in [6.45, 7) is 3.39. The summed E-state index contributed by atoms with van der Waals surface area (Å²) in [5, 5.41) is 3.03.